The first-order valence-corrected chi connectivity index (χ1v) is 8.52. The van der Waals surface area contributed by atoms with E-state index < -0.39 is 16.3 Å². The molecule has 0 radical (unpaired) electrons. The van der Waals surface area contributed by atoms with Crippen molar-refractivity contribution in [2.75, 3.05) is 31.1 Å². The quantitative estimate of drug-likeness (QED) is 0.695. The number of primary amides is 1. The monoisotopic (exact) mass is 289 g/mol. The van der Waals surface area contributed by atoms with E-state index in [0.717, 1.165) is 37.6 Å². The predicted molar refractivity (Wildman–Crippen MR) is 79.4 cm³/mol. The van der Waals surface area contributed by atoms with Crippen LogP contribution in [0.15, 0.2) is 0 Å². The second-order valence-electron chi connectivity index (χ2n) is 5.56. The fraction of sp³-hybridized carbons (Fsp3) is 0.923. The predicted octanol–water partition coefficient (Wildman–Crippen LogP) is 0.0729. The van der Waals surface area contributed by atoms with E-state index in [-0.39, 0.29) is 11.9 Å². The van der Waals surface area contributed by atoms with Gasteiger partial charge in [-0.3, -0.25) is 13.9 Å². The second-order valence-corrected chi connectivity index (χ2v) is 7.26. The fourth-order valence-corrected chi connectivity index (χ4v) is 3.55. The van der Waals surface area contributed by atoms with E-state index in [1.54, 1.807) is 0 Å². The first-order valence-electron chi connectivity index (χ1n) is 7.03. The topological polar surface area (TPSA) is 75.4 Å². The van der Waals surface area contributed by atoms with E-state index in [0.29, 0.717) is 6.42 Å². The van der Waals surface area contributed by atoms with Crippen molar-refractivity contribution in [3.8, 4) is 0 Å². The zero-order valence-corrected chi connectivity index (χ0v) is 13.1. The molecular formula is C13H27N3O2S. The van der Waals surface area contributed by atoms with E-state index in [1.165, 1.54) is 0 Å². The highest BCUT2D eigenvalue weighted by Crippen LogP contribution is 2.17. The summed E-state index contributed by atoms with van der Waals surface area (Å²) in [6.45, 7) is 8.54. The molecule has 1 aliphatic heterocycles. The maximum atomic E-state index is 11.7. The van der Waals surface area contributed by atoms with Crippen molar-refractivity contribution >= 4 is 16.7 Å². The normalized spacial score (nSPS) is 22.9. The molecule has 0 aliphatic carbocycles. The van der Waals surface area contributed by atoms with Crippen molar-refractivity contribution in [1.29, 1.82) is 0 Å². The number of carbonyl (C=O) groups excluding carboxylic acids is 1. The summed E-state index contributed by atoms with van der Waals surface area (Å²) in [5.41, 5.74) is 4.88. The summed E-state index contributed by atoms with van der Waals surface area (Å²) in [5.74, 6) is 1.17. The molecular weight excluding hydrogens is 262 g/mol. The van der Waals surface area contributed by atoms with Crippen LogP contribution < -0.4 is 11.1 Å². The van der Waals surface area contributed by atoms with Gasteiger partial charge in [0.25, 0.3) is 0 Å². The minimum atomic E-state index is -0.663. The van der Waals surface area contributed by atoms with E-state index >= 15 is 0 Å². The lowest BCUT2D eigenvalue weighted by molar-refractivity contribution is -0.124. The van der Waals surface area contributed by atoms with Gasteiger partial charge < -0.3 is 11.1 Å². The number of rotatable bonds is 7. The van der Waals surface area contributed by atoms with Crippen molar-refractivity contribution in [2.45, 2.75) is 45.2 Å². The van der Waals surface area contributed by atoms with Gasteiger partial charge in [-0.2, -0.15) is 0 Å². The molecule has 1 aliphatic rings. The molecule has 0 aromatic heterocycles. The molecule has 0 spiro atoms. The van der Waals surface area contributed by atoms with E-state index in [9.17, 15) is 9.00 Å². The SMILES string of the molecule is CCCNC(C)(CC(C)N1CCS(=O)CC1)C(N)=O. The smallest absolute Gasteiger partial charge is 0.237 e. The van der Waals surface area contributed by atoms with Crippen LogP contribution in [0.4, 0.5) is 0 Å². The van der Waals surface area contributed by atoms with Gasteiger partial charge in [0.2, 0.25) is 5.91 Å². The Bertz CT molecular complexity index is 328. The maximum absolute atomic E-state index is 11.7. The molecule has 0 bridgehead atoms. The first kappa shape index (κ1) is 16.6. The third kappa shape index (κ3) is 4.85. The highest BCUT2D eigenvalue weighted by atomic mass is 32.2. The molecule has 1 fully saturated rings. The van der Waals surface area contributed by atoms with Crippen molar-refractivity contribution in [1.82, 2.24) is 10.2 Å². The van der Waals surface area contributed by atoms with Gasteiger partial charge in [0.15, 0.2) is 0 Å². The Labute approximate surface area is 118 Å². The van der Waals surface area contributed by atoms with E-state index in [2.05, 4.69) is 24.1 Å². The van der Waals surface area contributed by atoms with Gasteiger partial charge in [-0.05, 0) is 33.2 Å². The summed E-state index contributed by atoms with van der Waals surface area (Å²) < 4.78 is 11.4. The Hall–Kier alpha value is -0.460. The van der Waals surface area contributed by atoms with Crippen LogP contribution in [0, 0.1) is 0 Å². The Kier molecular flexibility index (Phi) is 6.42. The van der Waals surface area contributed by atoms with E-state index in [4.69, 9.17) is 5.73 Å². The van der Waals surface area contributed by atoms with E-state index in [1.807, 2.05) is 6.92 Å². The number of nitrogens with zero attached hydrogens (tertiary/aromatic N) is 1. The van der Waals surface area contributed by atoms with Crippen LogP contribution in [-0.4, -0.2) is 57.7 Å². The van der Waals surface area contributed by atoms with Crippen molar-refractivity contribution in [3.63, 3.8) is 0 Å². The summed E-state index contributed by atoms with van der Waals surface area (Å²) in [5, 5.41) is 3.26. The molecule has 0 saturated carbocycles. The average molecular weight is 289 g/mol. The van der Waals surface area contributed by atoms with Gasteiger partial charge in [0.1, 0.15) is 0 Å². The van der Waals surface area contributed by atoms with Crippen LogP contribution in [-0.2, 0) is 15.6 Å². The van der Waals surface area contributed by atoms with Crippen molar-refractivity contribution in [3.05, 3.63) is 0 Å². The zero-order valence-electron chi connectivity index (χ0n) is 12.3. The number of hydrogen-bond donors (Lipinski definition) is 2. The molecule has 19 heavy (non-hydrogen) atoms. The first-order chi connectivity index (χ1) is 8.89. The minimum absolute atomic E-state index is 0.263. The fourth-order valence-electron chi connectivity index (χ4n) is 2.47. The zero-order chi connectivity index (χ0) is 14.5. The second kappa shape index (κ2) is 7.36. The molecule has 1 saturated heterocycles. The molecule has 0 aromatic carbocycles. The molecule has 112 valence electrons. The average Bonchev–Trinajstić information content (AvgIpc) is 2.36. The Balaban J connectivity index is 2.58. The van der Waals surface area contributed by atoms with Crippen LogP contribution in [0.2, 0.25) is 0 Å². The lowest BCUT2D eigenvalue weighted by atomic mass is 9.91. The molecule has 1 amide bonds. The van der Waals surface area contributed by atoms with Gasteiger partial charge in [-0.15, -0.1) is 0 Å². The maximum Gasteiger partial charge on any atom is 0.237 e. The number of nitrogens with two attached hydrogens (primary N) is 1. The van der Waals surface area contributed by atoms with Gasteiger partial charge in [-0.1, -0.05) is 6.92 Å². The molecule has 5 nitrogen and oxygen atoms in total. The van der Waals surface area contributed by atoms with Crippen LogP contribution >= 0.6 is 0 Å². The summed E-state index contributed by atoms with van der Waals surface area (Å²) >= 11 is 0. The molecule has 0 aromatic rings. The number of nitrogens with one attached hydrogen (secondary N) is 1. The molecule has 2 unspecified atom stereocenters. The van der Waals surface area contributed by atoms with Crippen LogP contribution in [0.1, 0.15) is 33.6 Å². The molecule has 6 heteroatoms. The molecule has 2 atom stereocenters. The summed E-state index contributed by atoms with van der Waals surface area (Å²) in [6.07, 6.45) is 1.66. The van der Waals surface area contributed by atoms with Crippen LogP contribution in [0.25, 0.3) is 0 Å². The summed E-state index contributed by atoms with van der Waals surface area (Å²) in [7, 11) is -0.663. The summed E-state index contributed by atoms with van der Waals surface area (Å²) in [4.78, 5) is 14.0. The highest BCUT2D eigenvalue weighted by molar-refractivity contribution is 7.85. The lowest BCUT2D eigenvalue weighted by Gasteiger charge is -2.37. The summed E-state index contributed by atoms with van der Waals surface area (Å²) in [6, 6.07) is 0.263. The largest absolute Gasteiger partial charge is 0.368 e. The van der Waals surface area contributed by atoms with Crippen LogP contribution in [0.5, 0.6) is 0 Å². The van der Waals surface area contributed by atoms with Gasteiger partial charge in [0.05, 0.1) is 5.54 Å². The van der Waals surface area contributed by atoms with Crippen molar-refractivity contribution < 1.29 is 9.00 Å². The Morgan fingerprint density at radius 2 is 2.05 bits per heavy atom. The van der Waals surface area contributed by atoms with Gasteiger partial charge in [-0.25, -0.2) is 0 Å². The highest BCUT2D eigenvalue weighted by Gasteiger charge is 2.34. The Morgan fingerprint density at radius 3 is 2.53 bits per heavy atom. The molecule has 1 heterocycles. The van der Waals surface area contributed by atoms with Crippen molar-refractivity contribution in [2.24, 2.45) is 5.73 Å². The standard InChI is InChI=1S/C13H27N3O2S/c1-4-5-15-13(3,12(14)17)10-11(2)16-6-8-19(18)9-7-16/h11,15H,4-10H2,1-3H3,(H2,14,17). The minimum Gasteiger partial charge on any atom is -0.368 e. The Morgan fingerprint density at radius 1 is 1.47 bits per heavy atom. The number of carbonyl (C=O) groups is 1. The number of amides is 1. The number of hydrogen-bond acceptors (Lipinski definition) is 4. The third-order valence-electron chi connectivity index (χ3n) is 3.85. The lowest BCUT2D eigenvalue weighted by Crippen LogP contribution is -2.57. The van der Waals surface area contributed by atoms with Gasteiger partial charge in [0, 0.05) is 41.4 Å². The molecule has 3 N–H and O–H groups in total. The van der Waals surface area contributed by atoms with Crippen LogP contribution in [0.3, 0.4) is 0 Å². The third-order valence-corrected chi connectivity index (χ3v) is 5.12. The van der Waals surface area contributed by atoms with Gasteiger partial charge >= 0.3 is 0 Å². The molecule has 1 rings (SSSR count).